The van der Waals surface area contributed by atoms with Gasteiger partial charge >= 0.3 is 0 Å². The molecule has 32 heavy (non-hydrogen) atoms. The molecule has 6 heteroatoms. The van der Waals surface area contributed by atoms with Crippen LogP contribution in [-0.2, 0) is 19.6 Å². The number of fused-ring (bicyclic) bond motifs is 4. The van der Waals surface area contributed by atoms with Crippen LogP contribution in [0.1, 0.15) is 42.0 Å². The van der Waals surface area contributed by atoms with E-state index in [1.54, 1.807) is 6.20 Å². The van der Waals surface area contributed by atoms with Gasteiger partial charge < -0.3 is 4.57 Å². The Morgan fingerprint density at radius 1 is 0.906 bits per heavy atom. The fraction of sp³-hybridized carbons (Fsp3) is 0.462. The van der Waals surface area contributed by atoms with Crippen LogP contribution < -0.4 is 5.56 Å². The van der Waals surface area contributed by atoms with Crippen LogP contribution in [0.15, 0.2) is 59.7 Å². The maximum atomic E-state index is 13.2. The Balaban J connectivity index is 1.17. The van der Waals surface area contributed by atoms with Gasteiger partial charge in [-0.2, -0.15) is 5.10 Å². The van der Waals surface area contributed by atoms with Gasteiger partial charge in [0.2, 0.25) is 0 Å². The molecule has 3 aliphatic heterocycles. The van der Waals surface area contributed by atoms with Crippen molar-refractivity contribution in [2.45, 2.75) is 44.8 Å². The lowest BCUT2D eigenvalue weighted by molar-refractivity contribution is 0.114. The molecule has 3 aliphatic rings. The van der Waals surface area contributed by atoms with Crippen molar-refractivity contribution in [3.8, 4) is 5.69 Å². The fourth-order valence-corrected chi connectivity index (χ4v) is 5.96. The van der Waals surface area contributed by atoms with E-state index in [4.69, 9.17) is 0 Å². The Morgan fingerprint density at radius 2 is 1.75 bits per heavy atom. The van der Waals surface area contributed by atoms with E-state index >= 15 is 0 Å². The predicted octanol–water partition coefficient (Wildman–Crippen LogP) is 3.25. The maximum Gasteiger partial charge on any atom is 0.255 e. The molecule has 2 saturated heterocycles. The van der Waals surface area contributed by atoms with Crippen LogP contribution in [-0.4, -0.2) is 50.3 Å². The molecule has 0 amide bonds. The van der Waals surface area contributed by atoms with Gasteiger partial charge in [0.1, 0.15) is 0 Å². The molecule has 2 atom stereocenters. The minimum atomic E-state index is 0.256. The second-order valence-electron chi connectivity index (χ2n) is 9.79. The summed E-state index contributed by atoms with van der Waals surface area (Å²) >= 11 is 0. The largest absolute Gasteiger partial charge is 0.312 e. The van der Waals surface area contributed by atoms with Crippen LogP contribution >= 0.6 is 0 Å². The minimum absolute atomic E-state index is 0.256. The standard InChI is InChI=1S/C26H31N5O/c32-26-22(18-28-11-1-2-12-28)6-9-25-23-14-21(17-30(25)26)16-29(19-23)15-20-4-7-24(8-5-20)31-13-3-10-27-31/h3-10,13,21,23H,1-2,11-12,14-19H2/t21-,23+/m0/s1. The van der Waals surface area contributed by atoms with E-state index in [-0.39, 0.29) is 5.56 Å². The van der Waals surface area contributed by atoms with Crippen LogP contribution in [0.25, 0.3) is 5.69 Å². The first kappa shape index (κ1) is 19.9. The second kappa shape index (κ2) is 8.34. The highest BCUT2D eigenvalue weighted by Crippen LogP contribution is 2.35. The molecule has 0 radical (unpaired) electrons. The first-order valence-electron chi connectivity index (χ1n) is 12.0. The zero-order valence-corrected chi connectivity index (χ0v) is 18.6. The topological polar surface area (TPSA) is 46.3 Å². The van der Waals surface area contributed by atoms with Gasteiger partial charge in [0.15, 0.2) is 0 Å². The first-order valence-corrected chi connectivity index (χ1v) is 12.0. The van der Waals surface area contributed by atoms with Crippen molar-refractivity contribution >= 4 is 0 Å². The Morgan fingerprint density at radius 3 is 2.53 bits per heavy atom. The van der Waals surface area contributed by atoms with Crippen molar-refractivity contribution in [3.63, 3.8) is 0 Å². The van der Waals surface area contributed by atoms with E-state index in [2.05, 4.69) is 55.9 Å². The third-order valence-electron chi connectivity index (χ3n) is 7.46. The zero-order valence-electron chi connectivity index (χ0n) is 18.6. The number of benzene rings is 1. The summed E-state index contributed by atoms with van der Waals surface area (Å²) in [7, 11) is 0. The molecule has 5 heterocycles. The summed E-state index contributed by atoms with van der Waals surface area (Å²) in [5.74, 6) is 1.02. The van der Waals surface area contributed by atoms with E-state index in [1.807, 2.05) is 16.9 Å². The van der Waals surface area contributed by atoms with Crippen molar-refractivity contribution in [2.75, 3.05) is 26.2 Å². The van der Waals surface area contributed by atoms with Crippen molar-refractivity contribution in [2.24, 2.45) is 5.92 Å². The highest BCUT2D eigenvalue weighted by Gasteiger charge is 2.35. The summed E-state index contributed by atoms with van der Waals surface area (Å²) in [6.45, 7) is 7.00. The van der Waals surface area contributed by atoms with Crippen molar-refractivity contribution in [1.29, 1.82) is 0 Å². The minimum Gasteiger partial charge on any atom is -0.312 e. The molecule has 6 nitrogen and oxygen atoms in total. The molecule has 1 aromatic carbocycles. The lowest BCUT2D eigenvalue weighted by Crippen LogP contribution is -2.47. The van der Waals surface area contributed by atoms with Crippen molar-refractivity contribution in [3.05, 3.63) is 82.0 Å². The number of hydrogen-bond donors (Lipinski definition) is 0. The smallest absolute Gasteiger partial charge is 0.255 e. The van der Waals surface area contributed by atoms with E-state index in [0.29, 0.717) is 11.8 Å². The van der Waals surface area contributed by atoms with Gasteiger partial charge in [-0.05, 0) is 68.1 Å². The molecule has 0 N–H and O–H groups in total. The normalized spacial score (nSPS) is 23.4. The van der Waals surface area contributed by atoms with Gasteiger partial charge in [-0.3, -0.25) is 14.6 Å². The molecule has 0 spiro atoms. The van der Waals surface area contributed by atoms with Gasteiger partial charge in [-0.1, -0.05) is 18.2 Å². The first-order chi connectivity index (χ1) is 15.7. The average Bonchev–Trinajstić information content (AvgIpc) is 3.51. The molecular weight excluding hydrogens is 398 g/mol. The third kappa shape index (κ3) is 3.82. The van der Waals surface area contributed by atoms with Crippen LogP contribution in [0.4, 0.5) is 0 Å². The Labute approximate surface area is 189 Å². The van der Waals surface area contributed by atoms with E-state index in [9.17, 15) is 4.79 Å². The maximum absolute atomic E-state index is 13.2. The molecule has 166 valence electrons. The van der Waals surface area contributed by atoms with Crippen LogP contribution in [0.2, 0.25) is 0 Å². The van der Waals surface area contributed by atoms with E-state index in [1.165, 1.54) is 30.5 Å². The quantitative estimate of drug-likeness (QED) is 0.625. The summed E-state index contributed by atoms with van der Waals surface area (Å²) < 4.78 is 4.00. The number of piperidine rings is 1. The SMILES string of the molecule is O=c1c(CN2CCCC2)ccc2n1C[C@H]1C[C@@H]2CN(Cc2ccc(-n3cccn3)cc2)C1. The molecule has 2 aromatic heterocycles. The van der Waals surface area contributed by atoms with Crippen LogP contribution in [0.5, 0.6) is 0 Å². The molecule has 2 fully saturated rings. The predicted molar refractivity (Wildman–Crippen MR) is 125 cm³/mol. The van der Waals surface area contributed by atoms with E-state index in [0.717, 1.165) is 57.1 Å². The molecule has 0 unspecified atom stereocenters. The fourth-order valence-electron chi connectivity index (χ4n) is 5.96. The average molecular weight is 430 g/mol. The molecule has 2 bridgehead atoms. The summed E-state index contributed by atoms with van der Waals surface area (Å²) in [4.78, 5) is 18.3. The molecule has 0 saturated carbocycles. The van der Waals surface area contributed by atoms with Crippen molar-refractivity contribution in [1.82, 2.24) is 24.1 Å². The number of pyridine rings is 1. The van der Waals surface area contributed by atoms with Gasteiger partial charge in [0.05, 0.1) is 5.69 Å². The zero-order chi connectivity index (χ0) is 21.5. The van der Waals surface area contributed by atoms with E-state index < -0.39 is 0 Å². The highest BCUT2D eigenvalue weighted by molar-refractivity contribution is 5.34. The lowest BCUT2D eigenvalue weighted by Gasteiger charge is -2.43. The molecular formula is C26H31N5O. The number of likely N-dealkylation sites (tertiary alicyclic amines) is 2. The third-order valence-corrected chi connectivity index (χ3v) is 7.46. The Hall–Kier alpha value is -2.70. The monoisotopic (exact) mass is 429 g/mol. The summed E-state index contributed by atoms with van der Waals surface area (Å²) in [5.41, 5.74) is 4.90. The number of hydrogen-bond acceptors (Lipinski definition) is 4. The van der Waals surface area contributed by atoms with Crippen LogP contribution in [0.3, 0.4) is 0 Å². The van der Waals surface area contributed by atoms with Gasteiger partial charge in [0, 0.05) is 62.3 Å². The Bertz CT molecular complexity index is 1130. The lowest BCUT2D eigenvalue weighted by atomic mass is 9.82. The summed E-state index contributed by atoms with van der Waals surface area (Å²) in [5, 5.41) is 4.31. The number of aromatic nitrogens is 3. The Kier molecular flexibility index (Phi) is 5.20. The molecule has 6 rings (SSSR count). The van der Waals surface area contributed by atoms with Crippen molar-refractivity contribution < 1.29 is 0 Å². The second-order valence-corrected chi connectivity index (χ2v) is 9.79. The molecule has 0 aliphatic carbocycles. The van der Waals surface area contributed by atoms with Crippen LogP contribution in [0, 0.1) is 5.92 Å². The van der Waals surface area contributed by atoms with Gasteiger partial charge in [-0.15, -0.1) is 0 Å². The number of nitrogens with zero attached hydrogens (tertiary/aromatic N) is 5. The van der Waals surface area contributed by atoms with Gasteiger partial charge in [0.25, 0.3) is 5.56 Å². The molecule has 3 aromatic rings. The number of rotatable bonds is 5. The van der Waals surface area contributed by atoms with Gasteiger partial charge in [-0.25, -0.2) is 4.68 Å². The summed E-state index contributed by atoms with van der Waals surface area (Å²) in [6.07, 6.45) is 7.51. The summed E-state index contributed by atoms with van der Waals surface area (Å²) in [6, 6.07) is 15.0. The highest BCUT2D eigenvalue weighted by atomic mass is 16.1.